The van der Waals surface area contributed by atoms with Crippen LogP contribution < -0.4 is 0 Å². The van der Waals surface area contributed by atoms with Crippen molar-refractivity contribution in [2.24, 2.45) is 0 Å². The Morgan fingerprint density at radius 1 is 1.28 bits per heavy atom. The third-order valence-electron chi connectivity index (χ3n) is 3.42. The maximum Gasteiger partial charge on any atom is 0.335 e. The van der Waals surface area contributed by atoms with Gasteiger partial charge in [-0.3, -0.25) is 0 Å². The molecule has 9 heteroatoms. The Morgan fingerprint density at radius 2 is 1.96 bits per heavy atom. The molecule has 0 amide bonds. The Balaban J connectivity index is 2.32. The molecule has 0 saturated heterocycles. The number of carbonyl (C=O) groups excluding carboxylic acids is 1. The maximum absolute atomic E-state index is 12.1. The first-order valence-electron chi connectivity index (χ1n) is 9.36. The molecule has 136 valence electrons. The first kappa shape index (κ1) is 12.7. The van der Waals surface area contributed by atoms with E-state index in [1.54, 1.807) is 0 Å². The SMILES string of the molecule is [2H]c1c([2H])c(/C=C/C(=O)OC2CC(O)(C(=O)O)CC([2H])(O)C2([2H])O)c([2H])c(O)c1O. The highest BCUT2D eigenvalue weighted by molar-refractivity contribution is 5.87. The molecule has 1 aliphatic carbocycles. The van der Waals surface area contributed by atoms with Crippen LogP contribution in [0.25, 0.3) is 6.08 Å². The van der Waals surface area contributed by atoms with Crippen LogP contribution in [0, 0.1) is 0 Å². The summed E-state index contributed by atoms with van der Waals surface area (Å²) in [6, 6.07) is -2.32. The van der Waals surface area contributed by atoms with Crippen molar-refractivity contribution in [3.8, 4) is 11.5 Å². The van der Waals surface area contributed by atoms with E-state index in [1.807, 2.05) is 0 Å². The number of ether oxygens (including phenoxy) is 1. The Labute approximate surface area is 149 Å². The molecule has 1 aliphatic rings. The third-order valence-corrected chi connectivity index (χ3v) is 3.42. The molecule has 0 aliphatic heterocycles. The number of aliphatic carboxylic acids is 1. The highest BCUT2D eigenvalue weighted by Crippen LogP contribution is 2.31. The van der Waals surface area contributed by atoms with Gasteiger partial charge in [0.1, 0.15) is 12.2 Å². The lowest BCUT2D eigenvalue weighted by Gasteiger charge is -2.39. The fraction of sp³-hybridized carbons (Fsp3) is 0.375. The summed E-state index contributed by atoms with van der Waals surface area (Å²) in [4.78, 5) is 23.3. The monoisotopic (exact) mass is 359 g/mol. The predicted molar refractivity (Wildman–Crippen MR) is 82.5 cm³/mol. The number of hydrogen-bond donors (Lipinski definition) is 6. The second-order valence-electron chi connectivity index (χ2n) is 5.29. The van der Waals surface area contributed by atoms with E-state index in [4.69, 9.17) is 16.7 Å². The quantitative estimate of drug-likeness (QED) is 0.233. The first-order chi connectivity index (χ1) is 13.5. The number of phenolic OH excluding ortho intramolecular Hbond substituents is 2. The average Bonchev–Trinajstić information content (AvgIpc) is 2.62. The zero-order valence-electron chi connectivity index (χ0n) is 17.6. The van der Waals surface area contributed by atoms with Gasteiger partial charge in [0, 0.05) is 18.9 Å². The number of carbonyl (C=O) groups is 2. The number of esters is 1. The van der Waals surface area contributed by atoms with Crippen molar-refractivity contribution < 1.29 is 51.8 Å². The maximum atomic E-state index is 12.1. The van der Waals surface area contributed by atoms with Crippen molar-refractivity contribution in [1.29, 1.82) is 0 Å². The van der Waals surface area contributed by atoms with E-state index in [2.05, 4.69) is 0 Å². The van der Waals surface area contributed by atoms with Crippen molar-refractivity contribution in [3.05, 3.63) is 29.8 Å². The van der Waals surface area contributed by atoms with Crippen molar-refractivity contribution in [2.45, 2.75) is 36.7 Å². The van der Waals surface area contributed by atoms with Gasteiger partial charge in [0.25, 0.3) is 0 Å². The third kappa shape index (κ3) is 4.27. The Hall–Kier alpha value is -2.62. The van der Waals surface area contributed by atoms with Crippen LogP contribution in [0.15, 0.2) is 24.2 Å². The van der Waals surface area contributed by atoms with Gasteiger partial charge in [0.05, 0.1) is 12.9 Å². The van der Waals surface area contributed by atoms with Crippen LogP contribution >= 0.6 is 0 Å². The summed E-state index contributed by atoms with van der Waals surface area (Å²) in [5.74, 6) is -5.27. The minimum absolute atomic E-state index is 0.462. The number of aliphatic hydroxyl groups is 3. The molecular formula is C16H18O9. The number of hydrogen-bond acceptors (Lipinski definition) is 8. The summed E-state index contributed by atoms with van der Waals surface area (Å²) in [7, 11) is 0. The molecule has 1 saturated carbocycles. The fourth-order valence-electron chi connectivity index (χ4n) is 2.11. The molecule has 1 aromatic carbocycles. The molecule has 0 spiro atoms. The van der Waals surface area contributed by atoms with Crippen molar-refractivity contribution >= 4 is 18.0 Å². The standard InChI is InChI=1S/C16H18O9/c17-9-3-1-8(5-10(9)18)2-4-13(20)25-12-7-16(24,15(22)23)6-11(19)14(12)21/h1-5,11-12,14,17-19,21,24H,6-7H2,(H,22,23)/b4-2+/i1D,3D,5D,11D,14D. The minimum atomic E-state index is -3.21. The van der Waals surface area contributed by atoms with Gasteiger partial charge < -0.3 is 35.4 Å². The van der Waals surface area contributed by atoms with Crippen LogP contribution in [0.2, 0.25) is 0 Å². The molecule has 6 N–H and O–H groups in total. The van der Waals surface area contributed by atoms with Crippen molar-refractivity contribution in [3.63, 3.8) is 0 Å². The average molecular weight is 359 g/mol. The Bertz CT molecular complexity index is 901. The van der Waals surface area contributed by atoms with Crippen LogP contribution in [0.4, 0.5) is 0 Å². The highest BCUT2D eigenvalue weighted by atomic mass is 16.6. The number of carboxylic acids is 1. The summed E-state index contributed by atoms with van der Waals surface area (Å²) in [5, 5.41) is 58.2. The van der Waals surface area contributed by atoms with Crippen molar-refractivity contribution in [2.75, 3.05) is 0 Å². The molecule has 9 nitrogen and oxygen atoms in total. The lowest BCUT2D eigenvalue weighted by molar-refractivity contribution is -0.196. The van der Waals surface area contributed by atoms with Crippen LogP contribution in [0.5, 0.6) is 11.5 Å². The summed E-state index contributed by atoms with van der Waals surface area (Å²) in [5.41, 5.74) is -3.24. The molecule has 25 heavy (non-hydrogen) atoms. The zero-order valence-corrected chi connectivity index (χ0v) is 12.6. The van der Waals surface area contributed by atoms with Crippen LogP contribution in [0.3, 0.4) is 0 Å². The van der Waals surface area contributed by atoms with Gasteiger partial charge in [-0.15, -0.1) is 0 Å². The van der Waals surface area contributed by atoms with E-state index < -0.39 is 83.8 Å². The fourth-order valence-corrected chi connectivity index (χ4v) is 2.11. The minimum Gasteiger partial charge on any atom is -0.504 e. The summed E-state index contributed by atoms with van der Waals surface area (Å²) < 4.78 is 42.8. The largest absolute Gasteiger partial charge is 0.504 e. The van der Waals surface area contributed by atoms with E-state index in [9.17, 15) is 35.1 Å². The number of phenols is 2. The molecule has 2 rings (SSSR count). The predicted octanol–water partition coefficient (Wildman–Crippen LogP) is -0.646. The molecule has 1 aromatic rings. The van der Waals surface area contributed by atoms with Crippen molar-refractivity contribution in [1.82, 2.24) is 0 Å². The van der Waals surface area contributed by atoms with E-state index in [0.717, 1.165) is 6.08 Å². The highest BCUT2D eigenvalue weighted by Gasteiger charge is 2.50. The van der Waals surface area contributed by atoms with Crippen LogP contribution in [0.1, 0.15) is 25.3 Å². The Kier molecular flexibility index (Phi) is 3.60. The Morgan fingerprint density at radius 3 is 2.60 bits per heavy atom. The summed E-state index contributed by atoms with van der Waals surface area (Å²) >= 11 is 0. The van der Waals surface area contributed by atoms with Crippen LogP contribution in [-0.4, -0.2) is 66.4 Å². The van der Waals surface area contributed by atoms with Gasteiger partial charge >= 0.3 is 11.9 Å². The topological polar surface area (TPSA) is 165 Å². The van der Waals surface area contributed by atoms with Gasteiger partial charge in [0.2, 0.25) is 0 Å². The second-order valence-corrected chi connectivity index (χ2v) is 5.29. The van der Waals surface area contributed by atoms with E-state index in [0.29, 0.717) is 6.08 Å². The van der Waals surface area contributed by atoms with E-state index in [1.165, 1.54) is 0 Å². The molecule has 0 radical (unpaired) electrons. The molecular weight excluding hydrogens is 336 g/mol. The molecule has 0 aromatic heterocycles. The lowest BCUT2D eigenvalue weighted by Crippen LogP contribution is -2.57. The molecule has 1 fully saturated rings. The number of rotatable bonds is 4. The van der Waals surface area contributed by atoms with Gasteiger partial charge in [-0.05, 0) is 23.7 Å². The zero-order chi connectivity index (χ0) is 23.2. The molecule has 4 atom stereocenters. The van der Waals surface area contributed by atoms with Gasteiger partial charge in [-0.1, -0.05) is 6.04 Å². The van der Waals surface area contributed by atoms with Gasteiger partial charge in [0.15, 0.2) is 17.1 Å². The molecule has 0 bridgehead atoms. The lowest BCUT2D eigenvalue weighted by atomic mass is 9.79. The summed E-state index contributed by atoms with van der Waals surface area (Å²) in [6.07, 6.45) is -9.52. The normalized spacial score (nSPS) is 38.2. The number of benzene rings is 1. The van der Waals surface area contributed by atoms with Crippen LogP contribution in [-0.2, 0) is 14.3 Å². The molecule has 0 heterocycles. The van der Waals surface area contributed by atoms with E-state index >= 15 is 0 Å². The number of carboxylic acid groups (broad SMARTS) is 1. The summed E-state index contributed by atoms with van der Waals surface area (Å²) in [6.45, 7) is 0. The van der Waals surface area contributed by atoms with E-state index in [-0.39, 0.29) is 0 Å². The molecule has 4 unspecified atom stereocenters. The van der Waals surface area contributed by atoms with Gasteiger partial charge in [-0.25, -0.2) is 9.59 Å². The first-order valence-corrected chi connectivity index (χ1v) is 6.86. The smallest absolute Gasteiger partial charge is 0.335 e. The number of aromatic hydroxyl groups is 2. The van der Waals surface area contributed by atoms with Gasteiger partial charge in [-0.2, -0.15) is 0 Å². The second kappa shape index (κ2) is 7.09.